The maximum atomic E-state index is 11.4. The highest BCUT2D eigenvalue weighted by Gasteiger charge is 2.35. The fourth-order valence-corrected chi connectivity index (χ4v) is 4.50. The number of fused-ring (bicyclic) bond motifs is 2. The molecule has 2 heterocycles. The molecule has 0 radical (unpaired) electrons. The summed E-state index contributed by atoms with van der Waals surface area (Å²) in [5.74, 6) is 0.945. The van der Waals surface area contributed by atoms with Gasteiger partial charge in [-0.05, 0) is 41.5 Å². The summed E-state index contributed by atoms with van der Waals surface area (Å²) in [5, 5.41) is 23.6. The number of H-pyrrole nitrogens is 1. The van der Waals surface area contributed by atoms with Crippen LogP contribution in [0.15, 0.2) is 66.9 Å². The van der Waals surface area contributed by atoms with Crippen molar-refractivity contribution in [3.8, 4) is 17.2 Å². The zero-order valence-corrected chi connectivity index (χ0v) is 16.9. The van der Waals surface area contributed by atoms with Crippen LogP contribution in [0.3, 0.4) is 0 Å². The molecule has 0 aliphatic carbocycles. The zero-order chi connectivity index (χ0) is 21.5. The van der Waals surface area contributed by atoms with Gasteiger partial charge in [0.25, 0.3) is 0 Å². The summed E-state index contributed by atoms with van der Waals surface area (Å²) in [7, 11) is 0. The summed E-state index contributed by atoms with van der Waals surface area (Å²) >= 11 is 0. The normalized spacial score (nSPS) is 17.7. The molecule has 0 bridgehead atoms. The van der Waals surface area contributed by atoms with Crippen LogP contribution in [0.1, 0.15) is 35.4 Å². The second kappa shape index (κ2) is 7.40. The number of benzene rings is 3. The molecule has 2 atom stereocenters. The summed E-state index contributed by atoms with van der Waals surface area (Å²) in [6.45, 7) is 1.93. The first kappa shape index (κ1) is 19.1. The first-order chi connectivity index (χ1) is 15.0. The topological polar surface area (TPSA) is 94.6 Å². The van der Waals surface area contributed by atoms with Gasteiger partial charge in [-0.15, -0.1) is 0 Å². The summed E-state index contributed by atoms with van der Waals surface area (Å²) in [6, 6.07) is 18.4. The number of phenols is 2. The first-order valence-corrected chi connectivity index (χ1v) is 10.1. The van der Waals surface area contributed by atoms with Gasteiger partial charge in [0.1, 0.15) is 17.2 Å². The van der Waals surface area contributed by atoms with E-state index in [0.717, 1.165) is 33.3 Å². The van der Waals surface area contributed by atoms with Crippen LogP contribution in [0.5, 0.6) is 17.2 Å². The van der Waals surface area contributed by atoms with Crippen LogP contribution in [-0.4, -0.2) is 27.7 Å². The third kappa shape index (κ3) is 3.46. The number of aromatic amines is 1. The van der Waals surface area contributed by atoms with Gasteiger partial charge in [-0.1, -0.05) is 18.2 Å². The smallest absolute Gasteiger partial charge is 0.221 e. The molecule has 156 valence electrons. The van der Waals surface area contributed by atoms with Gasteiger partial charge in [0, 0.05) is 59.2 Å². The van der Waals surface area contributed by atoms with E-state index in [1.165, 1.54) is 6.92 Å². The van der Waals surface area contributed by atoms with Crippen molar-refractivity contribution in [3.63, 3.8) is 0 Å². The molecule has 5 rings (SSSR count). The van der Waals surface area contributed by atoms with Crippen molar-refractivity contribution < 1.29 is 19.7 Å². The van der Waals surface area contributed by atoms with Crippen molar-refractivity contribution in [2.24, 2.45) is 0 Å². The fourth-order valence-electron chi connectivity index (χ4n) is 4.50. The minimum absolute atomic E-state index is 0.0106. The minimum Gasteiger partial charge on any atom is -0.508 e. The molecule has 6 heteroatoms. The number of ether oxygens (including phenoxy) is 1. The van der Waals surface area contributed by atoms with E-state index < -0.39 is 0 Å². The molecule has 1 aliphatic rings. The van der Waals surface area contributed by atoms with Gasteiger partial charge in [0.2, 0.25) is 5.91 Å². The highest BCUT2D eigenvalue weighted by molar-refractivity contribution is 5.88. The molecule has 0 saturated carbocycles. The average Bonchev–Trinajstić information content (AvgIpc) is 3.16. The lowest BCUT2D eigenvalue weighted by molar-refractivity contribution is -0.114. The highest BCUT2D eigenvalue weighted by Crippen LogP contribution is 2.48. The van der Waals surface area contributed by atoms with Crippen LogP contribution in [0, 0.1) is 0 Å². The van der Waals surface area contributed by atoms with Crippen molar-refractivity contribution >= 4 is 22.5 Å². The van der Waals surface area contributed by atoms with Crippen molar-refractivity contribution in [3.05, 3.63) is 83.6 Å². The summed E-state index contributed by atoms with van der Waals surface area (Å²) in [4.78, 5) is 14.6. The van der Waals surface area contributed by atoms with Gasteiger partial charge in [0.05, 0.1) is 6.61 Å². The van der Waals surface area contributed by atoms with E-state index in [9.17, 15) is 15.0 Å². The van der Waals surface area contributed by atoms with Gasteiger partial charge >= 0.3 is 0 Å². The molecular weight excluding hydrogens is 392 g/mol. The quantitative estimate of drug-likeness (QED) is 0.386. The standard InChI is InChI=1S/C25H22N2O4/c1-14(28)27-16-4-2-15(3-5-16)25-20-9-7-18(30)11-24(20)31-13-22(25)21-12-26-23-10-17(29)6-8-19(21)23/h2-12,22,25-26,29-30H,13H2,1H3,(H,27,28). The number of anilines is 1. The lowest BCUT2D eigenvalue weighted by atomic mass is 9.75. The monoisotopic (exact) mass is 414 g/mol. The third-order valence-corrected chi connectivity index (χ3v) is 5.84. The summed E-state index contributed by atoms with van der Waals surface area (Å²) < 4.78 is 6.06. The Kier molecular flexibility index (Phi) is 4.55. The Bertz CT molecular complexity index is 1280. The van der Waals surface area contributed by atoms with E-state index in [2.05, 4.69) is 10.3 Å². The average molecular weight is 414 g/mol. The molecular formula is C25H22N2O4. The van der Waals surface area contributed by atoms with Crippen molar-refractivity contribution in [2.45, 2.75) is 18.8 Å². The third-order valence-electron chi connectivity index (χ3n) is 5.84. The Morgan fingerprint density at radius 1 is 1.00 bits per heavy atom. The SMILES string of the molecule is CC(=O)Nc1ccc(C2c3ccc(O)cc3OCC2c2c[nH]c3cc(O)ccc23)cc1. The molecule has 31 heavy (non-hydrogen) atoms. The number of carbonyl (C=O) groups excluding carboxylic acids is 1. The van der Waals surface area contributed by atoms with E-state index in [1.807, 2.05) is 42.6 Å². The predicted octanol–water partition coefficient (Wildman–Crippen LogP) is 4.85. The first-order valence-electron chi connectivity index (χ1n) is 10.1. The maximum Gasteiger partial charge on any atom is 0.221 e. The van der Waals surface area contributed by atoms with Crippen molar-refractivity contribution in [1.82, 2.24) is 4.98 Å². The predicted molar refractivity (Wildman–Crippen MR) is 119 cm³/mol. The number of carbonyl (C=O) groups is 1. The van der Waals surface area contributed by atoms with Gasteiger partial charge in [-0.25, -0.2) is 0 Å². The van der Waals surface area contributed by atoms with E-state index in [4.69, 9.17) is 4.74 Å². The molecule has 4 N–H and O–H groups in total. The van der Waals surface area contributed by atoms with E-state index in [-0.39, 0.29) is 29.2 Å². The maximum absolute atomic E-state index is 11.4. The fraction of sp³-hybridized carbons (Fsp3) is 0.160. The summed E-state index contributed by atoms with van der Waals surface area (Å²) in [6.07, 6.45) is 1.97. The summed E-state index contributed by atoms with van der Waals surface area (Å²) in [5.41, 5.74) is 4.79. The van der Waals surface area contributed by atoms with Gasteiger partial charge < -0.3 is 25.3 Å². The molecule has 6 nitrogen and oxygen atoms in total. The van der Waals surface area contributed by atoms with Crippen LogP contribution < -0.4 is 10.1 Å². The largest absolute Gasteiger partial charge is 0.508 e. The Hall–Kier alpha value is -3.93. The number of hydrogen-bond acceptors (Lipinski definition) is 4. The zero-order valence-electron chi connectivity index (χ0n) is 16.9. The molecule has 1 aliphatic heterocycles. The second-order valence-corrected chi connectivity index (χ2v) is 7.89. The van der Waals surface area contributed by atoms with Crippen LogP contribution >= 0.6 is 0 Å². The Balaban J connectivity index is 1.63. The molecule has 0 saturated heterocycles. The molecule has 0 fully saturated rings. The number of aromatic nitrogens is 1. The molecule has 1 amide bonds. The Labute approximate surface area is 179 Å². The minimum atomic E-state index is -0.112. The van der Waals surface area contributed by atoms with Crippen molar-refractivity contribution in [2.75, 3.05) is 11.9 Å². The Morgan fingerprint density at radius 3 is 2.52 bits per heavy atom. The number of phenolic OH excluding ortho intramolecular Hbond substituents is 2. The number of aromatic hydroxyl groups is 2. The number of rotatable bonds is 3. The lowest BCUT2D eigenvalue weighted by Gasteiger charge is -2.34. The number of nitrogens with one attached hydrogen (secondary N) is 2. The van der Waals surface area contributed by atoms with Gasteiger partial charge in [-0.3, -0.25) is 4.79 Å². The van der Waals surface area contributed by atoms with E-state index in [0.29, 0.717) is 12.4 Å². The molecule has 1 aromatic heterocycles. The molecule has 4 aromatic rings. The highest BCUT2D eigenvalue weighted by atomic mass is 16.5. The van der Waals surface area contributed by atoms with Crippen LogP contribution in [0.4, 0.5) is 5.69 Å². The molecule has 0 spiro atoms. The lowest BCUT2D eigenvalue weighted by Crippen LogP contribution is -2.25. The van der Waals surface area contributed by atoms with Crippen LogP contribution in [0.25, 0.3) is 10.9 Å². The van der Waals surface area contributed by atoms with E-state index in [1.54, 1.807) is 24.3 Å². The van der Waals surface area contributed by atoms with E-state index >= 15 is 0 Å². The van der Waals surface area contributed by atoms with Crippen LogP contribution in [0.2, 0.25) is 0 Å². The number of amides is 1. The molecule has 2 unspecified atom stereocenters. The molecule has 3 aromatic carbocycles. The van der Waals surface area contributed by atoms with Crippen LogP contribution in [-0.2, 0) is 4.79 Å². The second-order valence-electron chi connectivity index (χ2n) is 7.89. The Morgan fingerprint density at radius 2 is 1.74 bits per heavy atom. The van der Waals surface area contributed by atoms with Gasteiger partial charge in [0.15, 0.2) is 0 Å². The van der Waals surface area contributed by atoms with Gasteiger partial charge in [-0.2, -0.15) is 0 Å². The number of hydrogen-bond donors (Lipinski definition) is 4. The van der Waals surface area contributed by atoms with Crippen molar-refractivity contribution in [1.29, 1.82) is 0 Å².